The SMILES string of the molecule is COc1c(C#N)cc([N+](=O)[O-])cc1C(=O)Cl. The number of rotatable bonds is 3. The molecule has 0 N–H and O–H groups in total. The summed E-state index contributed by atoms with van der Waals surface area (Å²) in [7, 11) is 1.24. The van der Waals surface area contributed by atoms with Crippen molar-refractivity contribution in [2.24, 2.45) is 0 Å². The van der Waals surface area contributed by atoms with Crippen LogP contribution in [0, 0.1) is 21.4 Å². The van der Waals surface area contributed by atoms with Crippen molar-refractivity contribution in [3.8, 4) is 11.8 Å². The summed E-state index contributed by atoms with van der Waals surface area (Å²) in [5.41, 5.74) is -0.697. The molecule has 0 heterocycles. The Morgan fingerprint density at radius 2 is 2.25 bits per heavy atom. The van der Waals surface area contributed by atoms with Gasteiger partial charge >= 0.3 is 0 Å². The van der Waals surface area contributed by atoms with Crippen molar-refractivity contribution in [3.63, 3.8) is 0 Å². The number of nitro groups is 1. The summed E-state index contributed by atoms with van der Waals surface area (Å²) < 4.78 is 4.81. The molecule has 0 aliphatic carbocycles. The average Bonchev–Trinajstić information content (AvgIpc) is 2.26. The number of halogens is 1. The Balaban J connectivity index is 3.57. The minimum absolute atomic E-state index is 0.0619. The van der Waals surface area contributed by atoms with Crippen molar-refractivity contribution in [1.29, 1.82) is 5.26 Å². The summed E-state index contributed by atoms with van der Waals surface area (Å²) in [6, 6.07) is 3.68. The highest BCUT2D eigenvalue weighted by atomic mass is 35.5. The number of ether oxygens (including phenoxy) is 1. The molecule has 0 atom stereocenters. The van der Waals surface area contributed by atoms with Gasteiger partial charge < -0.3 is 4.74 Å². The van der Waals surface area contributed by atoms with Gasteiger partial charge in [-0.05, 0) is 11.6 Å². The average molecular weight is 241 g/mol. The molecule has 1 aromatic carbocycles. The van der Waals surface area contributed by atoms with E-state index in [0.717, 1.165) is 12.1 Å². The molecule has 0 radical (unpaired) electrons. The maximum atomic E-state index is 11.0. The van der Waals surface area contributed by atoms with Crippen LogP contribution < -0.4 is 4.74 Å². The molecule has 0 aliphatic heterocycles. The minimum Gasteiger partial charge on any atom is -0.495 e. The Morgan fingerprint density at radius 1 is 1.62 bits per heavy atom. The number of hydrogen-bond acceptors (Lipinski definition) is 5. The van der Waals surface area contributed by atoms with Crippen LogP contribution in [0.4, 0.5) is 5.69 Å². The Labute approximate surface area is 95.2 Å². The predicted molar refractivity (Wildman–Crippen MR) is 54.5 cm³/mol. The molecule has 0 amide bonds. The van der Waals surface area contributed by atoms with E-state index in [1.165, 1.54) is 7.11 Å². The number of nitriles is 1. The molecule has 0 saturated heterocycles. The summed E-state index contributed by atoms with van der Waals surface area (Å²) >= 11 is 5.24. The highest BCUT2D eigenvalue weighted by Crippen LogP contribution is 2.29. The predicted octanol–water partition coefficient (Wildman–Crippen LogP) is 1.85. The first-order valence-electron chi connectivity index (χ1n) is 3.97. The highest BCUT2D eigenvalue weighted by Gasteiger charge is 2.20. The number of carbonyl (C=O) groups excluding carboxylic acids is 1. The van der Waals surface area contributed by atoms with E-state index < -0.39 is 10.2 Å². The van der Waals surface area contributed by atoms with E-state index in [1.54, 1.807) is 6.07 Å². The number of carbonyl (C=O) groups is 1. The number of non-ortho nitro benzene ring substituents is 1. The van der Waals surface area contributed by atoms with Gasteiger partial charge in [-0.3, -0.25) is 14.9 Å². The zero-order valence-corrected chi connectivity index (χ0v) is 8.82. The summed E-state index contributed by atoms with van der Waals surface area (Å²) in [6.07, 6.45) is 0. The topological polar surface area (TPSA) is 93.2 Å². The molecule has 0 spiro atoms. The normalized spacial score (nSPS) is 9.31. The van der Waals surface area contributed by atoms with E-state index >= 15 is 0 Å². The minimum atomic E-state index is -0.919. The fourth-order valence-corrected chi connectivity index (χ4v) is 1.31. The molecule has 16 heavy (non-hydrogen) atoms. The molecule has 0 unspecified atom stereocenters. The van der Waals surface area contributed by atoms with Crippen LogP contribution in [0.2, 0.25) is 0 Å². The third-order valence-corrected chi connectivity index (χ3v) is 2.02. The van der Waals surface area contributed by atoms with Crippen LogP contribution in [0.3, 0.4) is 0 Å². The van der Waals surface area contributed by atoms with Crippen LogP contribution in [0.25, 0.3) is 0 Å². The van der Waals surface area contributed by atoms with Gasteiger partial charge in [0.05, 0.1) is 17.6 Å². The lowest BCUT2D eigenvalue weighted by atomic mass is 10.1. The van der Waals surface area contributed by atoms with Crippen LogP contribution in [0.1, 0.15) is 15.9 Å². The Hall–Kier alpha value is -2.13. The van der Waals surface area contributed by atoms with Crippen LogP contribution in [0.15, 0.2) is 12.1 Å². The Bertz CT molecular complexity index is 507. The van der Waals surface area contributed by atoms with Gasteiger partial charge in [0.2, 0.25) is 0 Å². The second-order valence-electron chi connectivity index (χ2n) is 2.72. The molecule has 0 fully saturated rings. The van der Waals surface area contributed by atoms with Gasteiger partial charge in [0.25, 0.3) is 10.9 Å². The second kappa shape index (κ2) is 4.59. The van der Waals surface area contributed by atoms with Crippen LogP contribution in [-0.4, -0.2) is 17.3 Å². The van der Waals surface area contributed by atoms with E-state index in [1.807, 2.05) is 0 Å². The molecule has 82 valence electrons. The van der Waals surface area contributed by atoms with Crippen LogP contribution in [0.5, 0.6) is 5.75 Å². The molecule has 0 saturated carbocycles. The maximum Gasteiger partial charge on any atom is 0.271 e. The zero-order chi connectivity index (χ0) is 12.3. The van der Waals surface area contributed by atoms with Crippen molar-refractivity contribution in [1.82, 2.24) is 0 Å². The molecule has 0 aliphatic rings. The Kier molecular flexibility index (Phi) is 3.43. The van der Waals surface area contributed by atoms with Gasteiger partial charge in [-0.25, -0.2) is 0 Å². The monoisotopic (exact) mass is 240 g/mol. The molecular formula is C9H5ClN2O4. The fraction of sp³-hybridized carbons (Fsp3) is 0.111. The van der Waals surface area contributed by atoms with Crippen molar-refractivity contribution in [3.05, 3.63) is 33.4 Å². The Morgan fingerprint density at radius 3 is 2.62 bits per heavy atom. The van der Waals surface area contributed by atoms with Gasteiger partial charge in [0.1, 0.15) is 17.4 Å². The van der Waals surface area contributed by atoms with Gasteiger partial charge in [-0.15, -0.1) is 0 Å². The molecule has 0 bridgehead atoms. The smallest absolute Gasteiger partial charge is 0.271 e. The van der Waals surface area contributed by atoms with E-state index in [-0.39, 0.29) is 22.6 Å². The quantitative estimate of drug-likeness (QED) is 0.457. The number of nitro benzene ring substituents is 1. The standard InChI is InChI=1S/C9H5ClN2O4/c1-16-8-5(4-11)2-6(12(14)15)3-7(8)9(10)13/h2-3H,1H3. The summed E-state index contributed by atoms with van der Waals surface area (Å²) in [5.74, 6) is -0.0619. The third-order valence-electron chi connectivity index (χ3n) is 1.82. The maximum absolute atomic E-state index is 11.0. The largest absolute Gasteiger partial charge is 0.495 e. The molecular weight excluding hydrogens is 236 g/mol. The number of benzene rings is 1. The van der Waals surface area contributed by atoms with E-state index in [0.29, 0.717) is 0 Å². The zero-order valence-electron chi connectivity index (χ0n) is 8.06. The third kappa shape index (κ3) is 2.10. The molecule has 1 rings (SSSR count). The van der Waals surface area contributed by atoms with E-state index in [2.05, 4.69) is 0 Å². The van der Waals surface area contributed by atoms with Crippen molar-refractivity contribution in [2.45, 2.75) is 0 Å². The van der Waals surface area contributed by atoms with Crippen LogP contribution >= 0.6 is 11.6 Å². The van der Waals surface area contributed by atoms with Gasteiger partial charge in [-0.1, -0.05) is 0 Å². The first kappa shape index (κ1) is 11.9. The van der Waals surface area contributed by atoms with Gasteiger partial charge in [0.15, 0.2) is 0 Å². The lowest BCUT2D eigenvalue weighted by molar-refractivity contribution is -0.384. The van der Waals surface area contributed by atoms with Gasteiger partial charge in [-0.2, -0.15) is 5.26 Å². The number of methoxy groups -OCH3 is 1. The van der Waals surface area contributed by atoms with Crippen molar-refractivity contribution in [2.75, 3.05) is 7.11 Å². The number of nitrogens with zero attached hydrogens (tertiary/aromatic N) is 2. The first-order chi connectivity index (χ1) is 7.51. The first-order valence-corrected chi connectivity index (χ1v) is 4.35. The van der Waals surface area contributed by atoms with Gasteiger partial charge in [0, 0.05) is 12.1 Å². The molecule has 0 aromatic heterocycles. The lowest BCUT2D eigenvalue weighted by Gasteiger charge is -2.06. The van der Waals surface area contributed by atoms with E-state index in [9.17, 15) is 14.9 Å². The van der Waals surface area contributed by atoms with Crippen molar-refractivity contribution >= 4 is 22.5 Å². The summed E-state index contributed by atoms with van der Waals surface area (Å²) in [6.45, 7) is 0. The van der Waals surface area contributed by atoms with Crippen molar-refractivity contribution < 1.29 is 14.5 Å². The number of hydrogen-bond donors (Lipinski definition) is 0. The lowest BCUT2D eigenvalue weighted by Crippen LogP contribution is -2.00. The van der Waals surface area contributed by atoms with Crippen LogP contribution in [-0.2, 0) is 0 Å². The summed E-state index contributed by atoms with van der Waals surface area (Å²) in [5, 5.41) is 18.4. The fourth-order valence-electron chi connectivity index (χ4n) is 1.17. The molecule has 7 heteroatoms. The highest BCUT2D eigenvalue weighted by molar-refractivity contribution is 6.68. The van der Waals surface area contributed by atoms with E-state index in [4.69, 9.17) is 21.6 Å². The molecule has 1 aromatic rings. The summed E-state index contributed by atoms with van der Waals surface area (Å²) in [4.78, 5) is 20.8. The molecule has 6 nitrogen and oxygen atoms in total. The second-order valence-corrected chi connectivity index (χ2v) is 3.06.